The molecule has 5 nitrogen and oxygen atoms in total. The van der Waals surface area contributed by atoms with Crippen LogP contribution in [0.1, 0.15) is 44.2 Å². The minimum Gasteiger partial charge on any atom is -0.381 e. The van der Waals surface area contributed by atoms with Gasteiger partial charge in [-0.2, -0.15) is 11.8 Å². The minimum absolute atomic E-state index is 0.343. The molecule has 1 unspecified atom stereocenters. The summed E-state index contributed by atoms with van der Waals surface area (Å²) in [4.78, 5) is 7.32. The van der Waals surface area contributed by atoms with Crippen LogP contribution >= 0.6 is 11.8 Å². The van der Waals surface area contributed by atoms with Crippen molar-refractivity contribution in [1.82, 2.24) is 10.2 Å². The zero-order chi connectivity index (χ0) is 19.6. The lowest BCUT2D eigenvalue weighted by molar-refractivity contribution is -0.0390. The molecule has 156 valence electrons. The third-order valence-corrected chi connectivity index (χ3v) is 6.69. The topological polar surface area (TPSA) is 46.1 Å². The molecule has 1 N–H and O–H groups in total. The third kappa shape index (κ3) is 6.68. The largest absolute Gasteiger partial charge is 0.381 e. The number of nitrogens with zero attached hydrogens (tertiary/aromatic N) is 2. The summed E-state index contributed by atoms with van der Waals surface area (Å²) in [6, 6.07) is 8.69. The summed E-state index contributed by atoms with van der Waals surface area (Å²) in [6.45, 7) is 10.5. The van der Waals surface area contributed by atoms with Gasteiger partial charge in [-0.05, 0) is 37.3 Å². The molecular formula is C22H35N3O2S. The summed E-state index contributed by atoms with van der Waals surface area (Å²) >= 11 is 2.09. The maximum atomic E-state index is 6.01. The van der Waals surface area contributed by atoms with Crippen LogP contribution in [-0.2, 0) is 22.6 Å². The molecule has 2 heterocycles. The van der Waals surface area contributed by atoms with E-state index < -0.39 is 0 Å². The SMILES string of the molecule is CCNC(=NCc1ccc(COC2CCOCC2)cc1)N1CCSC(CC)C1. The summed E-state index contributed by atoms with van der Waals surface area (Å²) in [5.74, 6) is 2.23. The van der Waals surface area contributed by atoms with Crippen LogP contribution in [-0.4, -0.2) is 60.8 Å². The summed E-state index contributed by atoms with van der Waals surface area (Å²) in [5, 5.41) is 4.19. The van der Waals surface area contributed by atoms with E-state index >= 15 is 0 Å². The van der Waals surface area contributed by atoms with Crippen molar-refractivity contribution >= 4 is 17.7 Å². The van der Waals surface area contributed by atoms with E-state index in [1.165, 1.54) is 23.3 Å². The Morgan fingerprint density at radius 1 is 1.21 bits per heavy atom. The maximum absolute atomic E-state index is 6.01. The Labute approximate surface area is 174 Å². The van der Waals surface area contributed by atoms with E-state index in [0.29, 0.717) is 24.5 Å². The molecule has 28 heavy (non-hydrogen) atoms. The number of rotatable bonds is 7. The molecule has 2 saturated heterocycles. The van der Waals surface area contributed by atoms with Gasteiger partial charge < -0.3 is 19.7 Å². The molecule has 1 aromatic carbocycles. The van der Waals surface area contributed by atoms with Crippen LogP contribution < -0.4 is 5.32 Å². The lowest BCUT2D eigenvalue weighted by atomic mass is 10.1. The molecule has 1 atom stereocenters. The Bertz CT molecular complexity index is 602. The second-order valence-corrected chi connectivity index (χ2v) is 8.86. The molecule has 0 radical (unpaired) electrons. The first kappa shape index (κ1) is 21.5. The van der Waals surface area contributed by atoms with Crippen molar-refractivity contribution in [3.05, 3.63) is 35.4 Å². The second kappa shape index (κ2) is 11.7. The number of ether oxygens (including phenoxy) is 2. The Hall–Kier alpha value is -1.24. The van der Waals surface area contributed by atoms with Crippen molar-refractivity contribution in [3.8, 4) is 0 Å². The van der Waals surface area contributed by atoms with Crippen molar-refractivity contribution in [3.63, 3.8) is 0 Å². The van der Waals surface area contributed by atoms with Crippen LogP contribution in [0, 0.1) is 0 Å². The van der Waals surface area contributed by atoms with E-state index in [2.05, 4.69) is 60.1 Å². The van der Waals surface area contributed by atoms with Gasteiger partial charge >= 0.3 is 0 Å². The summed E-state index contributed by atoms with van der Waals surface area (Å²) in [6.07, 6.45) is 3.58. The van der Waals surface area contributed by atoms with E-state index in [1.807, 2.05) is 0 Å². The van der Waals surface area contributed by atoms with Gasteiger partial charge in [-0.25, -0.2) is 4.99 Å². The van der Waals surface area contributed by atoms with Crippen LogP contribution in [0.3, 0.4) is 0 Å². The summed E-state index contributed by atoms with van der Waals surface area (Å²) < 4.78 is 11.4. The minimum atomic E-state index is 0.343. The fraction of sp³-hybridized carbons (Fsp3) is 0.682. The number of hydrogen-bond acceptors (Lipinski definition) is 4. The van der Waals surface area contributed by atoms with E-state index in [1.54, 1.807) is 0 Å². The monoisotopic (exact) mass is 405 g/mol. The van der Waals surface area contributed by atoms with E-state index in [0.717, 1.165) is 51.6 Å². The van der Waals surface area contributed by atoms with Crippen LogP contribution in [0.2, 0.25) is 0 Å². The van der Waals surface area contributed by atoms with Crippen molar-refractivity contribution in [2.24, 2.45) is 4.99 Å². The molecule has 0 spiro atoms. The lowest BCUT2D eigenvalue weighted by Gasteiger charge is -2.34. The smallest absolute Gasteiger partial charge is 0.194 e. The van der Waals surface area contributed by atoms with Crippen LogP contribution in [0.15, 0.2) is 29.3 Å². The molecule has 3 rings (SSSR count). The standard InChI is InChI=1S/C22H35N3O2S/c1-3-21-16-25(11-14-28-21)22(23-4-2)24-15-18-5-7-19(8-6-18)17-27-20-9-12-26-13-10-20/h5-8,20-21H,3-4,9-17H2,1-2H3,(H,23,24). The highest BCUT2D eigenvalue weighted by Crippen LogP contribution is 2.21. The van der Waals surface area contributed by atoms with Crippen LogP contribution in [0.5, 0.6) is 0 Å². The average Bonchev–Trinajstić information content (AvgIpc) is 2.76. The number of aliphatic imine (C=N–C) groups is 1. The first-order chi connectivity index (χ1) is 13.8. The lowest BCUT2D eigenvalue weighted by Crippen LogP contribution is -2.48. The van der Waals surface area contributed by atoms with Crippen molar-refractivity contribution in [2.45, 2.75) is 57.6 Å². The van der Waals surface area contributed by atoms with Gasteiger partial charge in [0.05, 0.1) is 19.3 Å². The fourth-order valence-electron chi connectivity index (χ4n) is 3.55. The van der Waals surface area contributed by atoms with Crippen molar-refractivity contribution in [1.29, 1.82) is 0 Å². The summed E-state index contributed by atoms with van der Waals surface area (Å²) in [5.41, 5.74) is 2.47. The fourth-order valence-corrected chi connectivity index (χ4v) is 4.73. The quantitative estimate of drug-likeness (QED) is 0.554. The maximum Gasteiger partial charge on any atom is 0.194 e. The zero-order valence-electron chi connectivity index (χ0n) is 17.4. The molecule has 2 aliphatic heterocycles. The molecule has 2 fully saturated rings. The normalized spacial score (nSPS) is 21.7. The zero-order valence-corrected chi connectivity index (χ0v) is 18.2. The Kier molecular flexibility index (Phi) is 8.96. The Balaban J connectivity index is 1.52. The van der Waals surface area contributed by atoms with Gasteiger partial charge in [0.15, 0.2) is 5.96 Å². The van der Waals surface area contributed by atoms with Gasteiger partial charge in [0.2, 0.25) is 0 Å². The predicted molar refractivity (Wildman–Crippen MR) is 118 cm³/mol. The Morgan fingerprint density at radius 2 is 1.96 bits per heavy atom. The van der Waals surface area contributed by atoms with Crippen molar-refractivity contribution in [2.75, 3.05) is 38.6 Å². The number of benzene rings is 1. The van der Waals surface area contributed by atoms with E-state index in [4.69, 9.17) is 14.5 Å². The number of nitrogens with one attached hydrogen (secondary N) is 1. The highest BCUT2D eigenvalue weighted by atomic mass is 32.2. The molecule has 0 amide bonds. The predicted octanol–water partition coefficient (Wildman–Crippen LogP) is 3.68. The molecule has 0 bridgehead atoms. The number of thioether (sulfide) groups is 1. The van der Waals surface area contributed by atoms with Gasteiger partial charge in [-0.3, -0.25) is 0 Å². The highest BCUT2D eigenvalue weighted by Gasteiger charge is 2.21. The van der Waals surface area contributed by atoms with Crippen molar-refractivity contribution < 1.29 is 9.47 Å². The molecule has 2 aliphatic rings. The average molecular weight is 406 g/mol. The second-order valence-electron chi connectivity index (χ2n) is 7.46. The molecular weight excluding hydrogens is 370 g/mol. The van der Waals surface area contributed by atoms with Crippen LogP contribution in [0.25, 0.3) is 0 Å². The molecule has 6 heteroatoms. The molecule has 0 aromatic heterocycles. The van der Waals surface area contributed by atoms with Gasteiger partial charge in [0.25, 0.3) is 0 Å². The first-order valence-corrected chi connectivity index (χ1v) is 11.7. The van der Waals surface area contributed by atoms with E-state index in [9.17, 15) is 0 Å². The Morgan fingerprint density at radius 3 is 2.68 bits per heavy atom. The number of hydrogen-bond donors (Lipinski definition) is 1. The number of guanidine groups is 1. The first-order valence-electron chi connectivity index (χ1n) is 10.7. The van der Waals surface area contributed by atoms with Gasteiger partial charge in [-0.1, -0.05) is 31.2 Å². The third-order valence-electron chi connectivity index (χ3n) is 5.32. The van der Waals surface area contributed by atoms with Gasteiger partial charge in [0.1, 0.15) is 0 Å². The van der Waals surface area contributed by atoms with E-state index in [-0.39, 0.29) is 0 Å². The van der Waals surface area contributed by atoms with Gasteiger partial charge in [0, 0.05) is 43.9 Å². The highest BCUT2D eigenvalue weighted by molar-refractivity contribution is 8.00. The molecule has 0 aliphatic carbocycles. The summed E-state index contributed by atoms with van der Waals surface area (Å²) in [7, 11) is 0. The molecule has 1 aromatic rings. The van der Waals surface area contributed by atoms with Crippen LogP contribution in [0.4, 0.5) is 0 Å². The molecule has 0 saturated carbocycles. The van der Waals surface area contributed by atoms with Gasteiger partial charge in [-0.15, -0.1) is 0 Å².